The summed E-state index contributed by atoms with van der Waals surface area (Å²) in [5.74, 6) is -1.29. The first kappa shape index (κ1) is 23.2. The summed E-state index contributed by atoms with van der Waals surface area (Å²) in [5, 5.41) is 0. The van der Waals surface area contributed by atoms with Crippen LogP contribution in [0.5, 0.6) is 11.5 Å². The fourth-order valence-corrected chi connectivity index (χ4v) is 2.87. The number of hydrogen-bond acceptors (Lipinski definition) is 6. The van der Waals surface area contributed by atoms with E-state index in [1.807, 2.05) is 0 Å². The van der Waals surface area contributed by atoms with Crippen LogP contribution in [-0.2, 0) is 19.1 Å². The number of carbonyl (C=O) groups is 2. The Morgan fingerprint density at radius 3 is 2.12 bits per heavy atom. The molecule has 1 fully saturated rings. The van der Waals surface area contributed by atoms with Crippen LogP contribution in [0.2, 0.25) is 0 Å². The van der Waals surface area contributed by atoms with Crippen LogP contribution in [0.3, 0.4) is 0 Å². The highest BCUT2D eigenvalue weighted by Gasteiger charge is 2.41. The van der Waals surface area contributed by atoms with Crippen LogP contribution < -0.4 is 9.47 Å². The maximum atomic E-state index is 14.3. The number of ether oxygens (including phenoxy) is 4. The molecule has 0 spiro atoms. The average molecular weight is 440 g/mol. The Kier molecular flexibility index (Phi) is 7.10. The summed E-state index contributed by atoms with van der Waals surface area (Å²) in [6.07, 6.45) is 0. The zero-order valence-electron chi connectivity index (χ0n) is 18.1. The molecule has 7 heteroatoms. The molecule has 0 N–H and O–H groups in total. The summed E-state index contributed by atoms with van der Waals surface area (Å²) in [4.78, 5) is 23.2. The van der Waals surface area contributed by atoms with E-state index in [0.717, 1.165) is 5.56 Å². The minimum absolute atomic E-state index is 0.151. The van der Waals surface area contributed by atoms with Gasteiger partial charge in [-0.15, -0.1) is 0 Å². The molecule has 0 aliphatic carbocycles. The normalized spacial score (nSPS) is 14.1. The molecule has 0 saturated carbocycles. The van der Waals surface area contributed by atoms with Crippen LogP contribution >= 0.6 is 0 Å². The smallest absolute Gasteiger partial charge is 0.338 e. The lowest BCUT2D eigenvalue weighted by molar-refractivity contribution is -0.174. The molecule has 1 aliphatic heterocycles. The standard InChI is InChI=1S/C25H25FO6/c1-16(2)23(27)31-15-25(12-29-13-25)14-30-20-8-5-18(6-9-20)19-7-10-22(21(26)11-19)32-24(28)17(3)4/h5-11H,1,3,12-15H2,2,4H3. The minimum Gasteiger partial charge on any atom is -0.493 e. The average Bonchev–Trinajstić information content (AvgIpc) is 2.74. The summed E-state index contributed by atoms with van der Waals surface area (Å²) in [5.41, 5.74) is 1.54. The first-order chi connectivity index (χ1) is 15.2. The van der Waals surface area contributed by atoms with Crippen LogP contribution in [0.25, 0.3) is 11.1 Å². The van der Waals surface area contributed by atoms with Crippen molar-refractivity contribution in [1.29, 1.82) is 0 Å². The summed E-state index contributed by atoms with van der Waals surface area (Å²) < 4.78 is 35.7. The second kappa shape index (κ2) is 9.78. The Labute approximate surface area is 186 Å². The second-order valence-corrected chi connectivity index (χ2v) is 7.98. The third kappa shape index (κ3) is 5.62. The van der Waals surface area contributed by atoms with Crippen LogP contribution in [0.4, 0.5) is 4.39 Å². The number of benzene rings is 2. The van der Waals surface area contributed by atoms with Crippen LogP contribution in [0.15, 0.2) is 66.8 Å². The molecule has 3 rings (SSSR count). The third-order valence-electron chi connectivity index (χ3n) is 4.89. The molecule has 168 valence electrons. The molecule has 0 aromatic heterocycles. The molecule has 2 aromatic carbocycles. The van der Waals surface area contributed by atoms with Gasteiger partial charge in [0.1, 0.15) is 19.0 Å². The highest BCUT2D eigenvalue weighted by molar-refractivity contribution is 5.89. The van der Waals surface area contributed by atoms with E-state index in [0.29, 0.717) is 36.7 Å². The molecule has 0 radical (unpaired) electrons. The zero-order chi connectivity index (χ0) is 23.3. The number of hydrogen-bond donors (Lipinski definition) is 0. The Morgan fingerprint density at radius 2 is 1.59 bits per heavy atom. The Bertz CT molecular complexity index is 1040. The van der Waals surface area contributed by atoms with Gasteiger partial charge < -0.3 is 18.9 Å². The first-order valence-electron chi connectivity index (χ1n) is 10.00. The fourth-order valence-electron chi connectivity index (χ4n) is 2.87. The molecule has 6 nitrogen and oxygen atoms in total. The molecule has 1 heterocycles. The lowest BCUT2D eigenvalue weighted by atomic mass is 9.88. The summed E-state index contributed by atoms with van der Waals surface area (Å²) in [6, 6.07) is 11.5. The Balaban J connectivity index is 1.61. The number of halogens is 1. The molecule has 32 heavy (non-hydrogen) atoms. The van der Waals surface area contributed by atoms with Gasteiger partial charge in [-0.25, -0.2) is 14.0 Å². The van der Waals surface area contributed by atoms with E-state index in [1.54, 1.807) is 37.3 Å². The zero-order valence-corrected chi connectivity index (χ0v) is 18.1. The van der Waals surface area contributed by atoms with E-state index in [9.17, 15) is 14.0 Å². The number of esters is 2. The fraction of sp³-hybridized carbons (Fsp3) is 0.280. The number of carbonyl (C=O) groups excluding carboxylic acids is 2. The highest BCUT2D eigenvalue weighted by atomic mass is 19.1. The Morgan fingerprint density at radius 1 is 0.969 bits per heavy atom. The third-order valence-corrected chi connectivity index (χ3v) is 4.89. The maximum Gasteiger partial charge on any atom is 0.338 e. The Hall–Kier alpha value is -3.45. The largest absolute Gasteiger partial charge is 0.493 e. The minimum atomic E-state index is -0.679. The van der Waals surface area contributed by atoms with Gasteiger partial charge in [0.25, 0.3) is 0 Å². The summed E-state index contributed by atoms with van der Waals surface area (Å²) in [6.45, 7) is 11.5. The van der Waals surface area contributed by atoms with Crippen LogP contribution in [0, 0.1) is 11.2 Å². The molecule has 0 amide bonds. The topological polar surface area (TPSA) is 71.1 Å². The van der Waals surface area contributed by atoms with Crippen molar-refractivity contribution in [3.8, 4) is 22.6 Å². The van der Waals surface area contributed by atoms with E-state index >= 15 is 0 Å². The van der Waals surface area contributed by atoms with Gasteiger partial charge in [-0.05, 0) is 49.2 Å². The van der Waals surface area contributed by atoms with Gasteiger partial charge in [0.2, 0.25) is 0 Å². The van der Waals surface area contributed by atoms with Gasteiger partial charge in [0.15, 0.2) is 11.6 Å². The molecule has 0 unspecified atom stereocenters. The lowest BCUT2D eigenvalue weighted by Gasteiger charge is -2.40. The monoisotopic (exact) mass is 440 g/mol. The van der Waals surface area contributed by atoms with Crippen molar-refractivity contribution in [2.24, 2.45) is 5.41 Å². The van der Waals surface area contributed by atoms with Crippen molar-refractivity contribution in [3.05, 3.63) is 72.6 Å². The van der Waals surface area contributed by atoms with Gasteiger partial charge in [-0.1, -0.05) is 31.4 Å². The summed E-state index contributed by atoms with van der Waals surface area (Å²) in [7, 11) is 0. The predicted molar refractivity (Wildman–Crippen MR) is 117 cm³/mol. The van der Waals surface area contributed by atoms with Crippen molar-refractivity contribution in [1.82, 2.24) is 0 Å². The first-order valence-corrected chi connectivity index (χ1v) is 10.00. The molecule has 1 saturated heterocycles. The summed E-state index contributed by atoms with van der Waals surface area (Å²) >= 11 is 0. The maximum absolute atomic E-state index is 14.3. The molecular weight excluding hydrogens is 415 g/mol. The van der Waals surface area contributed by atoms with Crippen molar-refractivity contribution < 1.29 is 32.9 Å². The van der Waals surface area contributed by atoms with Crippen LogP contribution in [-0.4, -0.2) is 38.4 Å². The highest BCUT2D eigenvalue weighted by Crippen LogP contribution is 2.31. The van der Waals surface area contributed by atoms with Crippen molar-refractivity contribution in [2.45, 2.75) is 13.8 Å². The van der Waals surface area contributed by atoms with Gasteiger partial charge >= 0.3 is 11.9 Å². The molecule has 0 atom stereocenters. The van der Waals surface area contributed by atoms with Crippen molar-refractivity contribution in [2.75, 3.05) is 26.4 Å². The molecule has 1 aliphatic rings. The van der Waals surface area contributed by atoms with Crippen molar-refractivity contribution in [3.63, 3.8) is 0 Å². The van der Waals surface area contributed by atoms with Gasteiger partial charge in [-0.3, -0.25) is 0 Å². The second-order valence-electron chi connectivity index (χ2n) is 7.98. The van der Waals surface area contributed by atoms with E-state index in [2.05, 4.69) is 13.2 Å². The van der Waals surface area contributed by atoms with Gasteiger partial charge in [-0.2, -0.15) is 0 Å². The lowest BCUT2D eigenvalue weighted by Crippen LogP contribution is -2.51. The van der Waals surface area contributed by atoms with E-state index in [1.165, 1.54) is 19.1 Å². The quantitative estimate of drug-likeness (QED) is 0.325. The number of rotatable bonds is 9. The molecule has 0 bridgehead atoms. The van der Waals surface area contributed by atoms with E-state index in [4.69, 9.17) is 18.9 Å². The van der Waals surface area contributed by atoms with Crippen molar-refractivity contribution >= 4 is 11.9 Å². The predicted octanol–water partition coefficient (Wildman–Crippen LogP) is 4.49. The van der Waals surface area contributed by atoms with Gasteiger partial charge in [0.05, 0.1) is 18.6 Å². The van der Waals surface area contributed by atoms with E-state index in [-0.39, 0.29) is 23.3 Å². The van der Waals surface area contributed by atoms with Crippen LogP contribution in [0.1, 0.15) is 13.8 Å². The molecule has 2 aromatic rings. The SMILES string of the molecule is C=C(C)C(=O)OCC1(COc2ccc(-c3ccc(OC(=O)C(=C)C)c(F)c3)cc2)COC1. The van der Waals surface area contributed by atoms with Gasteiger partial charge in [0, 0.05) is 11.1 Å². The van der Waals surface area contributed by atoms with E-state index < -0.39 is 17.8 Å². The molecular formula is C25H25FO6.